The van der Waals surface area contributed by atoms with E-state index in [4.69, 9.17) is 0 Å². The molecule has 6 heteroatoms. The first-order valence-corrected chi connectivity index (χ1v) is 10.4. The highest BCUT2D eigenvalue weighted by Crippen LogP contribution is 2.41. The van der Waals surface area contributed by atoms with E-state index in [1.807, 2.05) is 37.3 Å². The Morgan fingerprint density at radius 3 is 2.37 bits per heavy atom. The number of hydrogen-bond acceptors (Lipinski definition) is 5. The number of benzene rings is 2. The molecule has 0 saturated carbocycles. The third-order valence-corrected chi connectivity index (χ3v) is 7.35. The number of fused-ring (bicyclic) bond motifs is 1. The maximum atomic E-state index is 12.9. The summed E-state index contributed by atoms with van der Waals surface area (Å²) < 4.78 is 25.7. The lowest BCUT2D eigenvalue weighted by molar-refractivity contribution is 0.104. The normalized spacial score (nSPS) is 16.3. The molecule has 0 radical (unpaired) electrons. The van der Waals surface area contributed by atoms with Crippen LogP contribution in [0.25, 0.3) is 17.2 Å². The minimum absolute atomic E-state index is 0.0382. The lowest BCUT2D eigenvalue weighted by Gasteiger charge is -2.03. The van der Waals surface area contributed by atoms with Crippen LogP contribution in [-0.4, -0.2) is 14.2 Å². The van der Waals surface area contributed by atoms with E-state index in [0.29, 0.717) is 16.0 Å². The standard InChI is InChI=1S/C21H13NO3S2/c1-13-16(12-22)20(14-7-3-2-4-8-14)17(26-13)11-19-21(23)15-9-5-6-10-18(15)27(19,24)25/h2-11H,1H3. The average Bonchev–Trinajstić information content (AvgIpc) is 3.09. The van der Waals surface area contributed by atoms with Crippen LogP contribution in [0.2, 0.25) is 0 Å². The van der Waals surface area contributed by atoms with Crippen LogP contribution in [0, 0.1) is 18.3 Å². The molecule has 0 saturated heterocycles. The van der Waals surface area contributed by atoms with E-state index in [-0.39, 0.29) is 15.4 Å². The highest BCUT2D eigenvalue weighted by Gasteiger charge is 2.39. The molecule has 27 heavy (non-hydrogen) atoms. The number of sulfone groups is 1. The largest absolute Gasteiger partial charge is 0.288 e. The van der Waals surface area contributed by atoms with Gasteiger partial charge in [0.2, 0.25) is 15.6 Å². The summed E-state index contributed by atoms with van der Waals surface area (Å²) in [6.07, 6.45) is 1.42. The van der Waals surface area contributed by atoms with E-state index in [9.17, 15) is 18.5 Å². The quantitative estimate of drug-likeness (QED) is 0.598. The Hall–Kier alpha value is -3.01. The zero-order valence-electron chi connectivity index (χ0n) is 14.3. The summed E-state index contributed by atoms with van der Waals surface area (Å²) in [5.74, 6) is -0.505. The number of nitrogens with zero attached hydrogens (tertiary/aromatic N) is 1. The average molecular weight is 391 g/mol. The Morgan fingerprint density at radius 2 is 1.70 bits per heavy atom. The topological polar surface area (TPSA) is 75.0 Å². The van der Waals surface area contributed by atoms with Gasteiger partial charge in [0, 0.05) is 20.9 Å². The highest BCUT2D eigenvalue weighted by atomic mass is 32.2. The summed E-state index contributed by atoms with van der Waals surface area (Å²) in [6.45, 7) is 1.82. The SMILES string of the molecule is Cc1sc(C=C2C(=O)c3ccccc3S2(=O)=O)c(-c2ccccc2)c1C#N. The molecule has 0 N–H and O–H groups in total. The Balaban J connectivity index is 1.97. The van der Waals surface area contributed by atoms with Gasteiger partial charge in [0.05, 0.1) is 10.5 Å². The molecule has 4 nitrogen and oxygen atoms in total. The third-order valence-electron chi connectivity index (χ3n) is 4.48. The zero-order chi connectivity index (χ0) is 19.2. The van der Waals surface area contributed by atoms with E-state index in [1.165, 1.54) is 29.5 Å². The molecular formula is C21H13NO3S2. The van der Waals surface area contributed by atoms with Crippen LogP contribution in [0.4, 0.5) is 0 Å². The summed E-state index contributed by atoms with van der Waals surface area (Å²) in [7, 11) is -3.87. The van der Waals surface area contributed by atoms with Gasteiger partial charge in [-0.25, -0.2) is 8.42 Å². The number of thiophene rings is 1. The molecule has 2 aromatic carbocycles. The van der Waals surface area contributed by atoms with Gasteiger partial charge in [-0.3, -0.25) is 4.79 Å². The lowest BCUT2D eigenvalue weighted by atomic mass is 10.0. The maximum Gasteiger partial charge on any atom is 0.211 e. The summed E-state index contributed by atoms with van der Waals surface area (Å²) in [5.41, 5.74) is 2.16. The molecule has 0 amide bonds. The molecule has 0 spiro atoms. The molecule has 0 aliphatic carbocycles. The van der Waals surface area contributed by atoms with Crippen molar-refractivity contribution < 1.29 is 13.2 Å². The Kier molecular flexibility index (Phi) is 4.06. The van der Waals surface area contributed by atoms with E-state index in [0.717, 1.165) is 10.4 Å². The van der Waals surface area contributed by atoms with Crippen LogP contribution < -0.4 is 0 Å². The van der Waals surface area contributed by atoms with Crippen molar-refractivity contribution in [1.82, 2.24) is 0 Å². The van der Waals surface area contributed by atoms with Crippen molar-refractivity contribution in [2.24, 2.45) is 0 Å². The van der Waals surface area contributed by atoms with Gasteiger partial charge in [-0.15, -0.1) is 11.3 Å². The third kappa shape index (κ3) is 2.64. The number of carbonyl (C=O) groups excluding carboxylic acids is 1. The van der Waals surface area contributed by atoms with E-state index in [1.54, 1.807) is 12.1 Å². The first kappa shape index (κ1) is 17.4. The fourth-order valence-corrected chi connectivity index (χ4v) is 5.94. The predicted molar refractivity (Wildman–Crippen MR) is 105 cm³/mol. The van der Waals surface area contributed by atoms with Crippen molar-refractivity contribution >= 4 is 33.0 Å². The molecular weight excluding hydrogens is 378 g/mol. The van der Waals surface area contributed by atoms with Gasteiger partial charge in [0.15, 0.2) is 0 Å². The number of allylic oxidation sites excluding steroid dienone is 1. The fraction of sp³-hybridized carbons (Fsp3) is 0.0476. The Labute approximate surface area is 160 Å². The van der Waals surface area contributed by atoms with E-state index < -0.39 is 15.6 Å². The second-order valence-electron chi connectivity index (χ2n) is 6.09. The predicted octanol–water partition coefficient (Wildman–Crippen LogP) is 4.61. The second kappa shape index (κ2) is 6.31. The number of ketones is 1. The summed E-state index contributed by atoms with van der Waals surface area (Å²) in [5, 5.41) is 9.58. The molecule has 2 heterocycles. The second-order valence-corrected chi connectivity index (χ2v) is 9.23. The molecule has 0 atom stereocenters. The van der Waals surface area contributed by atoms with Gasteiger partial charge >= 0.3 is 0 Å². The van der Waals surface area contributed by atoms with Crippen molar-refractivity contribution in [2.75, 3.05) is 0 Å². The molecule has 1 aliphatic rings. The lowest BCUT2D eigenvalue weighted by Crippen LogP contribution is -2.02. The number of nitriles is 1. The van der Waals surface area contributed by atoms with Crippen molar-refractivity contribution in [3.63, 3.8) is 0 Å². The fourth-order valence-electron chi connectivity index (χ4n) is 3.22. The van der Waals surface area contributed by atoms with Crippen LogP contribution in [0.5, 0.6) is 0 Å². The molecule has 4 rings (SSSR count). The highest BCUT2D eigenvalue weighted by molar-refractivity contribution is 7.97. The number of carbonyl (C=O) groups is 1. The minimum atomic E-state index is -3.87. The van der Waals surface area contributed by atoms with Gasteiger partial charge in [-0.2, -0.15) is 5.26 Å². The van der Waals surface area contributed by atoms with Gasteiger partial charge in [0.1, 0.15) is 11.0 Å². The maximum absolute atomic E-state index is 12.9. The van der Waals surface area contributed by atoms with Crippen molar-refractivity contribution in [2.45, 2.75) is 11.8 Å². The van der Waals surface area contributed by atoms with Crippen molar-refractivity contribution in [1.29, 1.82) is 5.26 Å². The summed E-state index contributed by atoms with van der Waals surface area (Å²) in [4.78, 5) is 13.9. The van der Waals surface area contributed by atoms with Crippen LogP contribution in [-0.2, 0) is 9.84 Å². The van der Waals surface area contributed by atoms with E-state index >= 15 is 0 Å². The molecule has 0 bridgehead atoms. The number of aryl methyl sites for hydroxylation is 1. The monoisotopic (exact) mass is 391 g/mol. The Morgan fingerprint density at radius 1 is 1.04 bits per heavy atom. The zero-order valence-corrected chi connectivity index (χ0v) is 15.9. The van der Waals surface area contributed by atoms with Crippen molar-refractivity contribution in [3.05, 3.63) is 80.4 Å². The van der Waals surface area contributed by atoms with Crippen molar-refractivity contribution in [3.8, 4) is 17.2 Å². The van der Waals surface area contributed by atoms with Gasteiger partial charge in [-0.05, 0) is 30.7 Å². The number of Topliss-reactive ketones (excluding diaryl/α,β-unsaturated/α-hetero) is 1. The van der Waals surface area contributed by atoms with Crippen LogP contribution >= 0.6 is 11.3 Å². The first-order valence-electron chi connectivity index (χ1n) is 8.14. The molecule has 0 fully saturated rings. The summed E-state index contributed by atoms with van der Waals surface area (Å²) in [6, 6.07) is 17.7. The molecule has 1 aliphatic heterocycles. The molecule has 1 aromatic heterocycles. The van der Waals surface area contributed by atoms with Crippen LogP contribution in [0.15, 0.2) is 64.4 Å². The van der Waals surface area contributed by atoms with E-state index in [2.05, 4.69) is 6.07 Å². The number of rotatable bonds is 2. The van der Waals surface area contributed by atoms with Gasteiger partial charge in [-0.1, -0.05) is 42.5 Å². The molecule has 3 aromatic rings. The van der Waals surface area contributed by atoms with Gasteiger partial charge in [0.25, 0.3) is 0 Å². The van der Waals surface area contributed by atoms with Crippen LogP contribution in [0.1, 0.15) is 25.7 Å². The molecule has 132 valence electrons. The first-order chi connectivity index (χ1) is 12.9. The molecule has 0 unspecified atom stereocenters. The summed E-state index contributed by atoms with van der Waals surface area (Å²) >= 11 is 1.31. The van der Waals surface area contributed by atoms with Crippen LogP contribution in [0.3, 0.4) is 0 Å². The Bertz CT molecular complexity index is 1260. The number of hydrogen-bond donors (Lipinski definition) is 0. The minimum Gasteiger partial charge on any atom is -0.288 e. The van der Waals surface area contributed by atoms with Gasteiger partial charge < -0.3 is 0 Å². The smallest absolute Gasteiger partial charge is 0.211 e.